The van der Waals surface area contributed by atoms with Crippen LogP contribution in [-0.4, -0.2) is 18.8 Å². The molecule has 0 atom stereocenters. The minimum absolute atomic E-state index is 0.157. The van der Waals surface area contributed by atoms with E-state index in [4.69, 9.17) is 15.2 Å². The van der Waals surface area contributed by atoms with Crippen LogP contribution < -0.4 is 15.2 Å². The van der Waals surface area contributed by atoms with Crippen LogP contribution in [0.15, 0.2) is 12.1 Å². The third-order valence-electron chi connectivity index (χ3n) is 3.51. The van der Waals surface area contributed by atoms with Crippen molar-refractivity contribution in [1.82, 2.24) is 0 Å². The lowest BCUT2D eigenvalue weighted by atomic mass is 9.98. The molecule has 0 radical (unpaired) electrons. The summed E-state index contributed by atoms with van der Waals surface area (Å²) in [6, 6.07) is 2.44. The number of nitrogens with two attached hydrogens (primary N) is 1. The van der Waals surface area contributed by atoms with Gasteiger partial charge in [-0.25, -0.2) is 0 Å². The van der Waals surface area contributed by atoms with E-state index >= 15 is 0 Å². The second-order valence-electron chi connectivity index (χ2n) is 5.19. The second-order valence-corrected chi connectivity index (χ2v) is 5.19. The van der Waals surface area contributed by atoms with E-state index in [2.05, 4.69) is 0 Å². The number of hydrogen-bond acceptors (Lipinski definition) is 3. The molecule has 1 aliphatic carbocycles. The number of benzene rings is 1. The minimum atomic E-state index is -4.41. The van der Waals surface area contributed by atoms with E-state index in [9.17, 15) is 13.2 Å². The number of ether oxygens (including phenoxy) is 2. The molecule has 1 aromatic rings. The maximum absolute atomic E-state index is 13.1. The van der Waals surface area contributed by atoms with Crippen molar-refractivity contribution >= 4 is 0 Å². The molecule has 1 saturated carbocycles. The minimum Gasteiger partial charge on any atom is -0.486 e. The lowest BCUT2D eigenvalue weighted by Gasteiger charge is -2.23. The monoisotopic (exact) mass is 273 g/mol. The smallest absolute Gasteiger partial charge is 0.416 e. The van der Waals surface area contributed by atoms with Crippen LogP contribution in [0.25, 0.3) is 0 Å². The third-order valence-corrected chi connectivity index (χ3v) is 3.51. The number of halogens is 3. The van der Waals surface area contributed by atoms with E-state index in [1.54, 1.807) is 0 Å². The van der Waals surface area contributed by atoms with Crippen LogP contribution in [0, 0.1) is 0 Å². The van der Waals surface area contributed by atoms with E-state index in [1.807, 2.05) is 0 Å². The van der Waals surface area contributed by atoms with Gasteiger partial charge in [0.2, 0.25) is 0 Å². The fourth-order valence-electron chi connectivity index (χ4n) is 2.26. The molecule has 0 bridgehead atoms. The SMILES string of the molecule is NC1(Cc2cc3c(cc2C(F)(F)F)OCCO3)CC1. The molecule has 19 heavy (non-hydrogen) atoms. The summed E-state index contributed by atoms with van der Waals surface area (Å²) in [4.78, 5) is 0. The van der Waals surface area contributed by atoms with Gasteiger partial charge in [0, 0.05) is 5.54 Å². The second kappa shape index (κ2) is 4.03. The maximum atomic E-state index is 13.1. The van der Waals surface area contributed by atoms with Gasteiger partial charge in [-0.2, -0.15) is 13.2 Å². The lowest BCUT2D eigenvalue weighted by Crippen LogP contribution is -2.26. The van der Waals surface area contributed by atoms with Crippen molar-refractivity contribution in [3.8, 4) is 11.5 Å². The zero-order chi connectivity index (χ0) is 13.7. The highest BCUT2D eigenvalue weighted by atomic mass is 19.4. The van der Waals surface area contributed by atoms with Gasteiger partial charge in [0.1, 0.15) is 13.2 Å². The van der Waals surface area contributed by atoms with Gasteiger partial charge < -0.3 is 15.2 Å². The Balaban J connectivity index is 2.03. The van der Waals surface area contributed by atoms with Crippen molar-refractivity contribution < 1.29 is 22.6 Å². The molecule has 3 rings (SSSR count). The Bertz CT molecular complexity index is 509. The Morgan fingerprint density at radius 1 is 1.11 bits per heavy atom. The summed E-state index contributed by atoms with van der Waals surface area (Å²) in [6.45, 7) is 0.621. The van der Waals surface area contributed by atoms with Crippen LogP contribution in [0.4, 0.5) is 13.2 Å². The first-order valence-corrected chi connectivity index (χ1v) is 6.16. The summed E-state index contributed by atoms with van der Waals surface area (Å²) < 4.78 is 49.8. The molecule has 0 unspecified atom stereocenters. The first kappa shape index (κ1) is 12.6. The Morgan fingerprint density at radius 2 is 1.68 bits per heavy atom. The molecule has 0 spiro atoms. The Kier molecular flexibility index (Phi) is 2.67. The molecule has 0 amide bonds. The Morgan fingerprint density at radius 3 is 2.21 bits per heavy atom. The van der Waals surface area contributed by atoms with Crippen LogP contribution in [0.2, 0.25) is 0 Å². The van der Waals surface area contributed by atoms with Crippen molar-refractivity contribution in [3.05, 3.63) is 23.3 Å². The molecule has 1 heterocycles. The maximum Gasteiger partial charge on any atom is 0.416 e. The molecule has 3 nitrogen and oxygen atoms in total. The highest BCUT2D eigenvalue weighted by Gasteiger charge is 2.42. The predicted molar refractivity (Wildman–Crippen MR) is 62.3 cm³/mol. The van der Waals surface area contributed by atoms with Crippen LogP contribution in [0.5, 0.6) is 11.5 Å². The largest absolute Gasteiger partial charge is 0.486 e. The predicted octanol–water partition coefficient (Wildman–Crippen LogP) is 2.51. The summed E-state index contributed by atoms with van der Waals surface area (Å²) in [5, 5.41) is 0. The zero-order valence-electron chi connectivity index (χ0n) is 10.2. The average Bonchev–Trinajstić information content (AvgIpc) is 3.04. The quantitative estimate of drug-likeness (QED) is 0.900. The van der Waals surface area contributed by atoms with Crippen molar-refractivity contribution in [3.63, 3.8) is 0 Å². The van der Waals surface area contributed by atoms with Crippen molar-refractivity contribution in [1.29, 1.82) is 0 Å². The molecule has 2 aliphatic rings. The fraction of sp³-hybridized carbons (Fsp3) is 0.538. The van der Waals surface area contributed by atoms with Crippen LogP contribution in [0.1, 0.15) is 24.0 Å². The van der Waals surface area contributed by atoms with Gasteiger partial charge in [-0.05, 0) is 37.0 Å². The highest BCUT2D eigenvalue weighted by molar-refractivity contribution is 5.50. The molecule has 1 aliphatic heterocycles. The van der Waals surface area contributed by atoms with Gasteiger partial charge in [0.25, 0.3) is 0 Å². The van der Waals surface area contributed by atoms with E-state index in [1.165, 1.54) is 6.07 Å². The Labute approximate surface area is 108 Å². The first-order chi connectivity index (χ1) is 8.87. The van der Waals surface area contributed by atoms with Crippen LogP contribution >= 0.6 is 0 Å². The summed E-state index contributed by atoms with van der Waals surface area (Å²) in [5.41, 5.74) is 4.96. The van der Waals surface area contributed by atoms with Crippen molar-refractivity contribution in [2.45, 2.75) is 31.0 Å². The molecule has 0 saturated heterocycles. The number of hydrogen-bond donors (Lipinski definition) is 1. The van der Waals surface area contributed by atoms with E-state index in [0.29, 0.717) is 12.4 Å². The molecule has 1 fully saturated rings. The molecule has 2 N–H and O–H groups in total. The molecular formula is C13H14F3NO2. The zero-order valence-corrected chi connectivity index (χ0v) is 10.2. The molecular weight excluding hydrogens is 259 g/mol. The number of alkyl halides is 3. The number of rotatable bonds is 2. The third kappa shape index (κ3) is 2.49. The summed E-state index contributed by atoms with van der Waals surface area (Å²) >= 11 is 0. The van der Waals surface area contributed by atoms with Gasteiger partial charge in [-0.1, -0.05) is 0 Å². The topological polar surface area (TPSA) is 44.5 Å². The standard InChI is InChI=1S/C13H14F3NO2/c14-13(15,16)9-6-11-10(18-3-4-19-11)5-8(9)7-12(17)1-2-12/h5-6H,1-4,7,17H2. The molecule has 1 aromatic carbocycles. The highest BCUT2D eigenvalue weighted by Crippen LogP contribution is 2.44. The molecule has 6 heteroatoms. The van der Waals surface area contributed by atoms with Gasteiger partial charge in [0.05, 0.1) is 5.56 Å². The normalized spacial score (nSPS) is 20.2. The van der Waals surface area contributed by atoms with Crippen LogP contribution in [-0.2, 0) is 12.6 Å². The first-order valence-electron chi connectivity index (χ1n) is 6.16. The number of fused-ring (bicyclic) bond motifs is 1. The van der Waals surface area contributed by atoms with Gasteiger partial charge in [0.15, 0.2) is 11.5 Å². The van der Waals surface area contributed by atoms with Crippen molar-refractivity contribution in [2.24, 2.45) is 5.73 Å². The van der Waals surface area contributed by atoms with Crippen molar-refractivity contribution in [2.75, 3.05) is 13.2 Å². The summed E-state index contributed by atoms with van der Waals surface area (Å²) in [7, 11) is 0. The fourth-order valence-corrected chi connectivity index (χ4v) is 2.26. The van der Waals surface area contributed by atoms with Gasteiger partial charge in [-0.15, -0.1) is 0 Å². The van der Waals surface area contributed by atoms with Gasteiger partial charge in [-0.3, -0.25) is 0 Å². The Hall–Kier alpha value is -1.43. The molecule has 104 valence electrons. The summed E-state index contributed by atoms with van der Waals surface area (Å²) in [6.07, 6.45) is -2.66. The van der Waals surface area contributed by atoms with Gasteiger partial charge >= 0.3 is 6.18 Å². The van der Waals surface area contributed by atoms with E-state index < -0.39 is 17.3 Å². The van der Waals surface area contributed by atoms with E-state index in [-0.39, 0.29) is 24.3 Å². The lowest BCUT2D eigenvalue weighted by molar-refractivity contribution is -0.138. The summed E-state index contributed by atoms with van der Waals surface area (Å²) in [5.74, 6) is 0.530. The molecule has 0 aromatic heterocycles. The van der Waals surface area contributed by atoms with Crippen LogP contribution in [0.3, 0.4) is 0 Å². The van der Waals surface area contributed by atoms with E-state index in [0.717, 1.165) is 18.9 Å². The average molecular weight is 273 g/mol.